The topological polar surface area (TPSA) is 29.5 Å². The largest absolute Gasteiger partial charge is 0.444 e. The number of nitrogens with zero attached hydrogens (tertiary/aromatic N) is 1. The summed E-state index contributed by atoms with van der Waals surface area (Å²) in [7, 11) is 1.60. The smallest absolute Gasteiger partial charge is 0.414 e. The summed E-state index contributed by atoms with van der Waals surface area (Å²) in [5.74, 6) is -0.315. The molecule has 15 heavy (non-hydrogen) atoms. The number of anilines is 1. The van der Waals surface area contributed by atoms with E-state index in [0.29, 0.717) is 11.3 Å². The van der Waals surface area contributed by atoms with Crippen LogP contribution < -0.4 is 4.90 Å². The second-order valence-electron chi connectivity index (χ2n) is 2.89. The van der Waals surface area contributed by atoms with E-state index in [2.05, 4.69) is 0 Å². The number of rotatable bonds is 0. The van der Waals surface area contributed by atoms with Crippen molar-refractivity contribution in [3.8, 4) is 0 Å². The lowest BCUT2D eigenvalue weighted by Crippen LogP contribution is -2.31. The Morgan fingerprint density at radius 3 is 2.73 bits per heavy atom. The van der Waals surface area contributed by atoms with Gasteiger partial charge in [-0.25, -0.2) is 9.18 Å². The average molecular weight is 211 g/mol. The van der Waals surface area contributed by atoms with Crippen molar-refractivity contribution in [3.05, 3.63) is 29.6 Å². The van der Waals surface area contributed by atoms with E-state index in [1.165, 1.54) is 17.0 Å². The molecule has 0 saturated carbocycles. The number of benzene rings is 1. The van der Waals surface area contributed by atoms with Crippen molar-refractivity contribution in [2.24, 2.45) is 0 Å². The van der Waals surface area contributed by atoms with E-state index >= 15 is 0 Å². The summed E-state index contributed by atoms with van der Waals surface area (Å²) in [5.41, 5.74) is 1.40. The molecule has 1 aromatic carbocycles. The van der Waals surface area contributed by atoms with Crippen LogP contribution in [0.25, 0.3) is 0 Å². The lowest BCUT2D eigenvalue weighted by Gasteiger charge is -2.25. The molecule has 82 valence electrons. The van der Waals surface area contributed by atoms with Crippen LogP contribution in [0.3, 0.4) is 0 Å². The fraction of sp³-hybridized carbons (Fsp3) is 0.364. The molecule has 0 unspecified atom stereocenters. The van der Waals surface area contributed by atoms with Crippen LogP contribution in [0.2, 0.25) is 0 Å². The minimum Gasteiger partial charge on any atom is -0.444 e. The highest BCUT2D eigenvalue weighted by Gasteiger charge is 2.21. The molecular weight excluding hydrogens is 197 g/mol. The van der Waals surface area contributed by atoms with E-state index in [0.717, 1.165) is 0 Å². The number of amides is 1. The molecule has 1 heterocycles. The minimum atomic E-state index is -0.404. The van der Waals surface area contributed by atoms with Crippen LogP contribution in [0.4, 0.5) is 14.9 Å². The highest BCUT2D eigenvalue weighted by atomic mass is 19.1. The fourth-order valence-corrected chi connectivity index (χ4v) is 1.33. The molecule has 0 saturated heterocycles. The fourth-order valence-electron chi connectivity index (χ4n) is 1.33. The number of hydrogen-bond acceptors (Lipinski definition) is 2. The van der Waals surface area contributed by atoms with Crippen molar-refractivity contribution in [2.45, 2.75) is 20.5 Å². The first-order chi connectivity index (χ1) is 7.18. The van der Waals surface area contributed by atoms with Gasteiger partial charge in [0.1, 0.15) is 12.4 Å². The molecular formula is C11H14FNO2. The third-order valence-electron chi connectivity index (χ3n) is 2.03. The Labute approximate surface area is 88.5 Å². The van der Waals surface area contributed by atoms with Crippen LogP contribution in [-0.2, 0) is 11.3 Å². The first-order valence-electron chi connectivity index (χ1n) is 4.87. The molecule has 0 bridgehead atoms. The molecule has 0 aliphatic carbocycles. The summed E-state index contributed by atoms with van der Waals surface area (Å²) in [6.07, 6.45) is -0.404. The van der Waals surface area contributed by atoms with E-state index in [4.69, 9.17) is 4.74 Å². The van der Waals surface area contributed by atoms with Crippen LogP contribution >= 0.6 is 0 Å². The number of hydrogen-bond donors (Lipinski definition) is 0. The SMILES string of the molecule is CC.CN1C(=O)OCc2cc(F)ccc21. The molecule has 3 nitrogen and oxygen atoms in total. The number of carbonyl (C=O) groups is 1. The van der Waals surface area contributed by atoms with Gasteiger partial charge in [0, 0.05) is 12.6 Å². The molecule has 1 amide bonds. The number of fused-ring (bicyclic) bond motifs is 1. The first kappa shape index (κ1) is 11.5. The van der Waals surface area contributed by atoms with E-state index < -0.39 is 6.09 Å². The zero-order valence-corrected chi connectivity index (χ0v) is 9.08. The quantitative estimate of drug-likeness (QED) is 0.660. The third kappa shape index (κ3) is 2.26. The van der Waals surface area contributed by atoms with Crippen LogP contribution in [0, 0.1) is 5.82 Å². The number of cyclic esters (lactones) is 1. The van der Waals surface area contributed by atoms with E-state index in [-0.39, 0.29) is 12.4 Å². The van der Waals surface area contributed by atoms with Gasteiger partial charge in [-0.3, -0.25) is 4.90 Å². The standard InChI is InChI=1S/C9H8FNO2.C2H6/c1-11-8-3-2-7(10)4-6(8)5-13-9(11)12;1-2/h2-4H,5H2,1H3;1-2H3. The third-order valence-corrected chi connectivity index (χ3v) is 2.03. The van der Waals surface area contributed by atoms with Crippen LogP contribution in [0.15, 0.2) is 18.2 Å². The van der Waals surface area contributed by atoms with Gasteiger partial charge in [-0.2, -0.15) is 0 Å². The Hall–Kier alpha value is -1.58. The van der Waals surface area contributed by atoms with Gasteiger partial charge in [-0.05, 0) is 18.2 Å². The van der Waals surface area contributed by atoms with Gasteiger partial charge in [0.25, 0.3) is 0 Å². The molecule has 2 rings (SSSR count). The summed E-state index contributed by atoms with van der Waals surface area (Å²) < 4.78 is 17.6. The molecule has 0 fully saturated rings. The van der Waals surface area contributed by atoms with Crippen LogP contribution in [0.1, 0.15) is 19.4 Å². The molecule has 1 aliphatic rings. The molecule has 0 spiro atoms. The summed E-state index contributed by atoms with van der Waals surface area (Å²) in [6.45, 7) is 4.15. The number of ether oxygens (including phenoxy) is 1. The maximum absolute atomic E-state index is 12.8. The molecule has 0 atom stereocenters. The van der Waals surface area contributed by atoms with Gasteiger partial charge in [-0.15, -0.1) is 0 Å². The average Bonchev–Trinajstić information content (AvgIpc) is 2.26. The molecule has 0 N–H and O–H groups in total. The predicted octanol–water partition coefficient (Wildman–Crippen LogP) is 2.94. The Balaban J connectivity index is 0.000000531. The van der Waals surface area contributed by atoms with Gasteiger partial charge in [-0.1, -0.05) is 13.8 Å². The molecule has 0 aromatic heterocycles. The molecule has 4 heteroatoms. The summed E-state index contributed by atoms with van der Waals surface area (Å²) in [5, 5.41) is 0. The minimum absolute atomic E-state index is 0.149. The molecule has 0 radical (unpaired) electrons. The van der Waals surface area contributed by atoms with Crippen molar-refractivity contribution >= 4 is 11.8 Å². The monoisotopic (exact) mass is 211 g/mol. The number of halogens is 1. The molecule has 1 aliphatic heterocycles. The first-order valence-corrected chi connectivity index (χ1v) is 4.87. The van der Waals surface area contributed by atoms with Crippen molar-refractivity contribution in [3.63, 3.8) is 0 Å². The van der Waals surface area contributed by atoms with Crippen molar-refractivity contribution in [1.29, 1.82) is 0 Å². The van der Waals surface area contributed by atoms with E-state index in [9.17, 15) is 9.18 Å². The Morgan fingerprint density at radius 2 is 2.07 bits per heavy atom. The summed E-state index contributed by atoms with van der Waals surface area (Å²) >= 11 is 0. The van der Waals surface area contributed by atoms with E-state index in [1.54, 1.807) is 13.1 Å². The van der Waals surface area contributed by atoms with Gasteiger partial charge in [0.15, 0.2) is 0 Å². The van der Waals surface area contributed by atoms with E-state index in [1.807, 2.05) is 13.8 Å². The Morgan fingerprint density at radius 1 is 1.40 bits per heavy atom. The van der Waals surface area contributed by atoms with Gasteiger partial charge in [0.2, 0.25) is 0 Å². The second-order valence-corrected chi connectivity index (χ2v) is 2.89. The number of carbonyl (C=O) groups excluding carboxylic acids is 1. The Kier molecular flexibility index (Phi) is 3.66. The summed E-state index contributed by atoms with van der Waals surface area (Å²) in [6, 6.07) is 4.28. The van der Waals surface area contributed by atoms with Gasteiger partial charge < -0.3 is 4.74 Å². The highest BCUT2D eigenvalue weighted by Crippen LogP contribution is 2.25. The van der Waals surface area contributed by atoms with Gasteiger partial charge in [0.05, 0.1) is 5.69 Å². The summed E-state index contributed by atoms with van der Waals surface area (Å²) in [4.78, 5) is 12.4. The van der Waals surface area contributed by atoms with Crippen molar-refractivity contribution in [2.75, 3.05) is 11.9 Å². The van der Waals surface area contributed by atoms with Crippen LogP contribution in [-0.4, -0.2) is 13.1 Å². The maximum Gasteiger partial charge on any atom is 0.414 e. The lowest BCUT2D eigenvalue weighted by atomic mass is 10.1. The zero-order valence-electron chi connectivity index (χ0n) is 9.08. The van der Waals surface area contributed by atoms with Crippen molar-refractivity contribution in [1.82, 2.24) is 0 Å². The van der Waals surface area contributed by atoms with Crippen molar-refractivity contribution < 1.29 is 13.9 Å². The lowest BCUT2D eigenvalue weighted by molar-refractivity contribution is 0.143. The molecule has 1 aromatic rings. The van der Waals surface area contributed by atoms with Gasteiger partial charge >= 0.3 is 6.09 Å². The zero-order chi connectivity index (χ0) is 11.4. The normalized spacial score (nSPS) is 13.6. The highest BCUT2D eigenvalue weighted by molar-refractivity contribution is 5.89. The van der Waals surface area contributed by atoms with Crippen LogP contribution in [0.5, 0.6) is 0 Å². The Bertz CT molecular complexity index is 366. The second kappa shape index (κ2) is 4.77. The predicted molar refractivity (Wildman–Crippen MR) is 56.3 cm³/mol. The maximum atomic E-state index is 12.8.